The van der Waals surface area contributed by atoms with Gasteiger partial charge in [-0.15, -0.1) is 0 Å². The summed E-state index contributed by atoms with van der Waals surface area (Å²) in [7, 11) is 0. The molecule has 0 aliphatic rings. The molecule has 0 atom stereocenters. The number of aromatic nitrogens is 2. The molecule has 2 aromatic carbocycles. The molecule has 0 spiro atoms. The van der Waals surface area contributed by atoms with Gasteiger partial charge in [0.05, 0.1) is 11.3 Å². The molecule has 0 unspecified atom stereocenters. The number of halogens is 4. The van der Waals surface area contributed by atoms with Crippen molar-refractivity contribution in [2.45, 2.75) is 12.6 Å². The van der Waals surface area contributed by atoms with Gasteiger partial charge in [-0.3, -0.25) is 5.10 Å². The second-order valence-corrected chi connectivity index (χ2v) is 6.13. The van der Waals surface area contributed by atoms with Crippen LogP contribution in [0.15, 0.2) is 53.5 Å². The van der Waals surface area contributed by atoms with Crippen molar-refractivity contribution in [3.05, 3.63) is 81.5 Å². The molecule has 1 aromatic heterocycles. The van der Waals surface area contributed by atoms with Gasteiger partial charge in [0.25, 0.3) is 0 Å². The number of aliphatic imine (C=N–C) groups is 1. The minimum absolute atomic E-state index is 0.175. The Morgan fingerprint density at radius 1 is 1.19 bits per heavy atom. The summed E-state index contributed by atoms with van der Waals surface area (Å²) in [5.74, 6) is 0.175. The topological polar surface area (TPSA) is 64.8 Å². The number of benzene rings is 2. The van der Waals surface area contributed by atoms with Gasteiger partial charge >= 0.3 is 6.18 Å². The molecule has 136 valence electrons. The Morgan fingerprint density at radius 3 is 2.56 bits per heavy atom. The summed E-state index contributed by atoms with van der Waals surface area (Å²) in [6.07, 6.45) is -2.60. The molecular weight excluding hydrogens is 377 g/mol. The van der Waals surface area contributed by atoms with Crippen LogP contribution in [0.5, 0.6) is 0 Å². The van der Waals surface area contributed by atoms with Crippen molar-refractivity contribution in [3.63, 3.8) is 0 Å². The lowest BCUT2D eigenvalue weighted by Crippen LogP contribution is -2.04. The summed E-state index contributed by atoms with van der Waals surface area (Å²) in [5, 5.41) is 16.8. The van der Waals surface area contributed by atoms with Crippen LogP contribution in [0.1, 0.15) is 27.9 Å². The number of hydrogen-bond donors (Lipinski definition) is 1. The van der Waals surface area contributed by atoms with Crippen LogP contribution >= 0.6 is 11.6 Å². The van der Waals surface area contributed by atoms with Crippen molar-refractivity contribution in [2.75, 3.05) is 0 Å². The van der Waals surface area contributed by atoms with Crippen LogP contribution in [0.4, 0.5) is 19.0 Å². The summed E-state index contributed by atoms with van der Waals surface area (Å²) in [6, 6.07) is 13.8. The first-order valence-corrected chi connectivity index (χ1v) is 8.18. The predicted octanol–water partition coefficient (Wildman–Crippen LogP) is 5.29. The lowest BCUT2D eigenvalue weighted by molar-refractivity contribution is -0.137. The molecule has 27 heavy (non-hydrogen) atoms. The molecular formula is C19H12ClF3N4. The summed E-state index contributed by atoms with van der Waals surface area (Å²) < 4.78 is 37.8. The van der Waals surface area contributed by atoms with Crippen molar-refractivity contribution in [1.29, 1.82) is 5.26 Å². The molecule has 4 nitrogen and oxygen atoms in total. The Bertz CT molecular complexity index is 1010. The first-order chi connectivity index (χ1) is 12.9. The van der Waals surface area contributed by atoms with Gasteiger partial charge in [-0.1, -0.05) is 35.9 Å². The molecule has 3 aromatic rings. The molecule has 0 bridgehead atoms. The van der Waals surface area contributed by atoms with Gasteiger partial charge in [-0.25, -0.2) is 4.99 Å². The number of nitrogens with zero attached hydrogens (tertiary/aromatic N) is 3. The minimum Gasteiger partial charge on any atom is -0.279 e. The Labute approximate surface area is 157 Å². The van der Waals surface area contributed by atoms with E-state index in [2.05, 4.69) is 21.3 Å². The Kier molecular flexibility index (Phi) is 5.28. The van der Waals surface area contributed by atoms with Gasteiger partial charge < -0.3 is 0 Å². The normalized spacial score (nSPS) is 11.7. The second kappa shape index (κ2) is 7.64. The zero-order valence-corrected chi connectivity index (χ0v) is 14.5. The highest BCUT2D eigenvalue weighted by atomic mass is 35.5. The average molecular weight is 389 g/mol. The average Bonchev–Trinajstić information content (AvgIpc) is 3.01. The number of H-pyrrole nitrogens is 1. The molecule has 0 aliphatic carbocycles. The van der Waals surface area contributed by atoms with E-state index in [1.54, 1.807) is 12.1 Å². The van der Waals surface area contributed by atoms with Crippen LogP contribution < -0.4 is 0 Å². The van der Waals surface area contributed by atoms with Gasteiger partial charge in [-0.05, 0) is 35.4 Å². The molecule has 0 saturated heterocycles. The van der Waals surface area contributed by atoms with Gasteiger partial charge in [0, 0.05) is 17.7 Å². The number of alkyl halides is 3. The molecule has 0 saturated carbocycles. The monoisotopic (exact) mass is 388 g/mol. The standard InChI is InChI=1S/C19H12ClF3N4/c20-15-3-1-2-13(8-15)9-17-16(10-24)18(27-26-17)25-11-12-4-6-14(7-5-12)19(21,22)23/h1-8,11H,9H2,(H,26,27). The van der Waals surface area contributed by atoms with E-state index in [-0.39, 0.29) is 11.4 Å². The van der Waals surface area contributed by atoms with Crippen LogP contribution in [0.2, 0.25) is 5.02 Å². The minimum atomic E-state index is -4.39. The predicted molar refractivity (Wildman–Crippen MR) is 96.3 cm³/mol. The highest BCUT2D eigenvalue weighted by Gasteiger charge is 2.29. The van der Waals surface area contributed by atoms with Crippen LogP contribution in [-0.2, 0) is 12.6 Å². The van der Waals surface area contributed by atoms with Crippen molar-refractivity contribution in [2.24, 2.45) is 4.99 Å². The van der Waals surface area contributed by atoms with Crippen molar-refractivity contribution >= 4 is 23.6 Å². The first kappa shape index (κ1) is 18.7. The van der Waals surface area contributed by atoms with Gasteiger partial charge in [0.15, 0.2) is 5.82 Å². The van der Waals surface area contributed by atoms with Crippen LogP contribution in [0, 0.1) is 11.3 Å². The summed E-state index contributed by atoms with van der Waals surface area (Å²) in [5.41, 5.74) is 1.49. The fraction of sp³-hybridized carbons (Fsp3) is 0.105. The van der Waals surface area contributed by atoms with Crippen LogP contribution in [-0.4, -0.2) is 16.4 Å². The molecule has 1 N–H and O–H groups in total. The zero-order valence-electron chi connectivity index (χ0n) is 13.8. The SMILES string of the molecule is N#Cc1c(N=Cc2ccc(C(F)(F)F)cc2)n[nH]c1Cc1cccc(Cl)c1. The summed E-state index contributed by atoms with van der Waals surface area (Å²) in [4.78, 5) is 4.12. The van der Waals surface area contributed by atoms with E-state index in [9.17, 15) is 18.4 Å². The van der Waals surface area contributed by atoms with Gasteiger partial charge in [0.1, 0.15) is 11.6 Å². The van der Waals surface area contributed by atoms with E-state index in [0.717, 1.165) is 17.7 Å². The maximum atomic E-state index is 12.6. The van der Waals surface area contributed by atoms with Gasteiger partial charge in [0.2, 0.25) is 0 Å². The maximum absolute atomic E-state index is 12.6. The Morgan fingerprint density at radius 2 is 1.93 bits per heavy atom. The number of nitriles is 1. The van der Waals surface area contributed by atoms with E-state index in [1.807, 2.05) is 12.1 Å². The second-order valence-electron chi connectivity index (χ2n) is 5.70. The van der Waals surface area contributed by atoms with E-state index in [0.29, 0.717) is 22.7 Å². The molecule has 3 rings (SSSR count). The third kappa shape index (κ3) is 4.54. The Hall–Kier alpha value is -3.11. The zero-order chi connectivity index (χ0) is 19.4. The van der Waals surface area contributed by atoms with Crippen molar-refractivity contribution < 1.29 is 13.2 Å². The van der Waals surface area contributed by atoms with E-state index >= 15 is 0 Å². The van der Waals surface area contributed by atoms with E-state index in [4.69, 9.17) is 11.6 Å². The number of rotatable bonds is 4. The van der Waals surface area contributed by atoms with Gasteiger partial charge in [-0.2, -0.15) is 23.5 Å². The fourth-order valence-electron chi connectivity index (χ4n) is 2.45. The maximum Gasteiger partial charge on any atom is 0.416 e. The molecule has 0 radical (unpaired) electrons. The molecule has 0 aliphatic heterocycles. The molecule has 1 heterocycles. The molecule has 8 heteroatoms. The first-order valence-electron chi connectivity index (χ1n) is 7.80. The van der Waals surface area contributed by atoms with E-state index in [1.165, 1.54) is 18.3 Å². The van der Waals surface area contributed by atoms with Crippen molar-refractivity contribution in [1.82, 2.24) is 10.2 Å². The smallest absolute Gasteiger partial charge is 0.279 e. The number of aromatic amines is 1. The lowest BCUT2D eigenvalue weighted by Gasteiger charge is -2.05. The fourth-order valence-corrected chi connectivity index (χ4v) is 2.66. The third-order valence-electron chi connectivity index (χ3n) is 3.78. The molecule has 0 fully saturated rings. The third-order valence-corrected chi connectivity index (χ3v) is 4.01. The van der Waals surface area contributed by atoms with Crippen LogP contribution in [0.3, 0.4) is 0 Å². The summed E-state index contributed by atoms with van der Waals surface area (Å²) in [6.45, 7) is 0. The van der Waals surface area contributed by atoms with Crippen molar-refractivity contribution in [3.8, 4) is 6.07 Å². The summed E-state index contributed by atoms with van der Waals surface area (Å²) >= 11 is 5.96. The number of hydrogen-bond acceptors (Lipinski definition) is 3. The largest absolute Gasteiger partial charge is 0.416 e. The number of nitrogens with one attached hydrogen (secondary N) is 1. The van der Waals surface area contributed by atoms with E-state index < -0.39 is 11.7 Å². The molecule has 0 amide bonds. The highest BCUT2D eigenvalue weighted by molar-refractivity contribution is 6.30. The quantitative estimate of drug-likeness (QED) is 0.617. The Balaban J connectivity index is 1.80. The van der Waals surface area contributed by atoms with Crippen LogP contribution in [0.25, 0.3) is 0 Å². The lowest BCUT2D eigenvalue weighted by atomic mass is 10.1. The highest BCUT2D eigenvalue weighted by Crippen LogP contribution is 2.29.